The highest BCUT2D eigenvalue weighted by atomic mass is 19.1. The third-order valence-electron chi connectivity index (χ3n) is 7.80. The van der Waals surface area contributed by atoms with E-state index in [4.69, 9.17) is 4.74 Å². The molecule has 43 heavy (non-hydrogen) atoms. The van der Waals surface area contributed by atoms with E-state index < -0.39 is 22.1 Å². The fraction of sp³-hybridized carbons (Fsp3) is 0.258. The van der Waals surface area contributed by atoms with Crippen LogP contribution < -0.4 is 25.4 Å². The van der Waals surface area contributed by atoms with Crippen LogP contribution in [0.2, 0.25) is 0 Å². The van der Waals surface area contributed by atoms with Crippen LogP contribution in [0.1, 0.15) is 34.8 Å². The summed E-state index contributed by atoms with van der Waals surface area (Å²) in [4.78, 5) is 41.1. The number of nitro benzene ring substituents is 1. The minimum Gasteiger partial charge on any atom is -0.497 e. The van der Waals surface area contributed by atoms with Crippen LogP contribution in [0.3, 0.4) is 0 Å². The van der Waals surface area contributed by atoms with Crippen molar-refractivity contribution >= 4 is 40.1 Å². The van der Waals surface area contributed by atoms with E-state index in [1.807, 2.05) is 33.7 Å². The summed E-state index contributed by atoms with van der Waals surface area (Å²) in [7, 11) is 1.63. The number of pyridine rings is 1. The number of non-ortho nitro benzene ring substituents is 1. The molecule has 1 aromatic heterocycles. The van der Waals surface area contributed by atoms with Gasteiger partial charge in [-0.3, -0.25) is 19.7 Å². The Kier molecular flexibility index (Phi) is 7.49. The predicted octanol–water partition coefficient (Wildman–Crippen LogP) is 4.48. The first-order valence-electron chi connectivity index (χ1n) is 13.9. The second-order valence-electron chi connectivity index (χ2n) is 10.6. The molecule has 3 aromatic carbocycles. The molecule has 4 aromatic rings. The lowest BCUT2D eigenvalue weighted by Crippen LogP contribution is -2.46. The number of fused-ring (bicyclic) bond motifs is 1. The van der Waals surface area contributed by atoms with Gasteiger partial charge in [0.15, 0.2) is 0 Å². The van der Waals surface area contributed by atoms with E-state index in [1.54, 1.807) is 19.2 Å². The first-order valence-corrected chi connectivity index (χ1v) is 13.9. The molecule has 1 N–H and O–H groups in total. The van der Waals surface area contributed by atoms with Gasteiger partial charge < -0.3 is 19.1 Å². The van der Waals surface area contributed by atoms with Crippen molar-refractivity contribution < 1.29 is 18.8 Å². The summed E-state index contributed by atoms with van der Waals surface area (Å²) in [6.45, 7) is 2.61. The summed E-state index contributed by atoms with van der Waals surface area (Å²) in [6.07, 6.45) is 4.55. The van der Waals surface area contributed by atoms with E-state index >= 15 is 4.39 Å². The number of methoxy groups -OCH3 is 1. The number of hydrogen-bond acceptors (Lipinski definition) is 8. The van der Waals surface area contributed by atoms with Crippen LogP contribution in [0.15, 0.2) is 76.8 Å². The highest BCUT2D eigenvalue weighted by Gasteiger charge is 2.28. The first-order chi connectivity index (χ1) is 20.8. The molecule has 1 amide bonds. The number of nitro groups is 1. The maximum atomic E-state index is 15.6. The van der Waals surface area contributed by atoms with Crippen molar-refractivity contribution in [2.75, 3.05) is 43.1 Å². The van der Waals surface area contributed by atoms with Gasteiger partial charge in [0.25, 0.3) is 11.6 Å². The van der Waals surface area contributed by atoms with E-state index in [0.717, 1.165) is 24.3 Å². The van der Waals surface area contributed by atoms with Gasteiger partial charge in [-0.15, -0.1) is 0 Å². The molecule has 1 saturated heterocycles. The number of nitrogens with one attached hydrogen (secondary N) is 1. The van der Waals surface area contributed by atoms with E-state index in [9.17, 15) is 19.7 Å². The molecule has 2 heterocycles. The van der Waals surface area contributed by atoms with Crippen LogP contribution in [0.5, 0.6) is 5.75 Å². The zero-order valence-electron chi connectivity index (χ0n) is 23.4. The minimum absolute atomic E-state index is 0.105. The summed E-state index contributed by atoms with van der Waals surface area (Å²) in [6, 6.07) is 16.6. The zero-order valence-corrected chi connectivity index (χ0v) is 23.4. The number of amides is 1. The molecule has 12 heteroatoms. The minimum atomic E-state index is -0.748. The number of carbonyl (C=O) groups is 1. The molecule has 0 radical (unpaired) electrons. The summed E-state index contributed by atoms with van der Waals surface area (Å²) in [5, 5.41) is 15.0. The number of benzene rings is 3. The summed E-state index contributed by atoms with van der Waals surface area (Å²) in [5.74, 6) is -0.482. The van der Waals surface area contributed by atoms with Crippen LogP contribution in [0.25, 0.3) is 10.9 Å². The van der Waals surface area contributed by atoms with Crippen molar-refractivity contribution in [1.29, 1.82) is 0 Å². The lowest BCUT2D eigenvalue weighted by molar-refractivity contribution is -0.384. The number of hydrazone groups is 1. The van der Waals surface area contributed by atoms with Crippen molar-refractivity contribution in [3.05, 3.63) is 104 Å². The molecule has 1 aliphatic heterocycles. The Morgan fingerprint density at radius 3 is 2.47 bits per heavy atom. The van der Waals surface area contributed by atoms with Gasteiger partial charge in [0.2, 0.25) is 5.43 Å². The Bertz CT molecular complexity index is 1790. The van der Waals surface area contributed by atoms with Crippen molar-refractivity contribution in [2.45, 2.75) is 18.9 Å². The monoisotopic (exact) mass is 584 g/mol. The smallest absolute Gasteiger partial charge is 0.276 e. The Hall–Kier alpha value is -5.26. The SMILES string of the molecule is COc1ccc(N2CCN(c3cc4c(cc3F)c(=O)c(C(=O)N/N=C\c3cccc([N+](=O)[O-])c3)cn4C3CC3)CC2)cc1. The van der Waals surface area contributed by atoms with Crippen molar-refractivity contribution in [3.8, 4) is 5.75 Å². The molecule has 0 spiro atoms. The lowest BCUT2D eigenvalue weighted by atomic mass is 10.1. The Morgan fingerprint density at radius 2 is 1.79 bits per heavy atom. The molecule has 0 unspecified atom stereocenters. The van der Waals surface area contributed by atoms with Gasteiger partial charge in [0.05, 0.1) is 29.5 Å². The highest BCUT2D eigenvalue weighted by Crippen LogP contribution is 2.38. The number of carbonyl (C=O) groups excluding carboxylic acids is 1. The van der Waals surface area contributed by atoms with Gasteiger partial charge in [-0.1, -0.05) is 12.1 Å². The summed E-state index contributed by atoms with van der Waals surface area (Å²) < 4.78 is 22.7. The van der Waals surface area contributed by atoms with E-state index in [1.165, 1.54) is 36.7 Å². The molecule has 1 saturated carbocycles. The van der Waals surface area contributed by atoms with Crippen LogP contribution in [-0.4, -0.2) is 54.9 Å². The highest BCUT2D eigenvalue weighted by molar-refractivity contribution is 5.98. The van der Waals surface area contributed by atoms with Crippen LogP contribution in [0.4, 0.5) is 21.5 Å². The van der Waals surface area contributed by atoms with Crippen molar-refractivity contribution in [1.82, 2.24) is 9.99 Å². The Morgan fingerprint density at radius 1 is 1.07 bits per heavy atom. The first kappa shape index (κ1) is 27.9. The fourth-order valence-electron chi connectivity index (χ4n) is 5.36. The summed E-state index contributed by atoms with van der Waals surface area (Å²) in [5.41, 5.74) is 3.94. The average molecular weight is 585 g/mol. The number of nitrogens with zero attached hydrogens (tertiary/aromatic N) is 5. The lowest BCUT2D eigenvalue weighted by Gasteiger charge is -2.37. The molecular weight excluding hydrogens is 555 g/mol. The Labute approximate surface area is 245 Å². The Balaban J connectivity index is 1.23. The van der Waals surface area contributed by atoms with E-state index in [2.05, 4.69) is 15.4 Å². The maximum Gasteiger partial charge on any atom is 0.276 e. The fourth-order valence-corrected chi connectivity index (χ4v) is 5.36. The largest absolute Gasteiger partial charge is 0.497 e. The number of rotatable bonds is 8. The van der Waals surface area contributed by atoms with Crippen LogP contribution >= 0.6 is 0 Å². The van der Waals surface area contributed by atoms with Gasteiger partial charge in [0.1, 0.15) is 17.1 Å². The second kappa shape index (κ2) is 11.6. The van der Waals surface area contributed by atoms with Gasteiger partial charge >= 0.3 is 0 Å². The third-order valence-corrected chi connectivity index (χ3v) is 7.80. The van der Waals surface area contributed by atoms with E-state index in [0.29, 0.717) is 42.9 Å². The molecule has 0 bridgehead atoms. The van der Waals surface area contributed by atoms with Gasteiger partial charge in [-0.25, -0.2) is 9.82 Å². The molecule has 1 aliphatic carbocycles. The molecule has 2 aliphatic rings. The van der Waals surface area contributed by atoms with E-state index in [-0.39, 0.29) is 22.7 Å². The number of piperazine rings is 1. The molecule has 11 nitrogen and oxygen atoms in total. The zero-order chi connectivity index (χ0) is 30.1. The molecular formula is C31H29FN6O5. The molecule has 6 rings (SSSR count). The van der Waals surface area contributed by atoms with Crippen molar-refractivity contribution in [3.63, 3.8) is 0 Å². The molecule has 220 valence electrons. The number of hydrogen-bond donors (Lipinski definition) is 1. The van der Waals surface area contributed by atoms with Gasteiger partial charge in [0, 0.05) is 67.2 Å². The third kappa shape index (κ3) is 5.76. The predicted molar refractivity (Wildman–Crippen MR) is 162 cm³/mol. The van der Waals surface area contributed by atoms with Crippen LogP contribution in [0, 0.1) is 15.9 Å². The molecule has 0 atom stereocenters. The second-order valence-corrected chi connectivity index (χ2v) is 10.6. The standard InChI is InChI=1S/C31H29FN6O5/c1-43-24-9-7-21(8-10-24)35-11-13-36(14-12-35)29-17-28-25(16-27(29)32)30(39)26(19-37(28)22-5-6-22)31(40)34-33-18-20-3-2-4-23(15-20)38(41)42/h2-4,7-10,15-19,22H,5-6,11-14H2,1H3,(H,34,40)/b33-18-. The van der Waals surface area contributed by atoms with Crippen LogP contribution in [-0.2, 0) is 0 Å². The van der Waals surface area contributed by atoms with Gasteiger partial charge in [-0.05, 0) is 49.2 Å². The van der Waals surface area contributed by atoms with Gasteiger partial charge in [-0.2, -0.15) is 5.10 Å². The number of anilines is 2. The topological polar surface area (TPSA) is 122 Å². The average Bonchev–Trinajstić information content (AvgIpc) is 3.87. The number of halogens is 1. The summed E-state index contributed by atoms with van der Waals surface area (Å²) >= 11 is 0. The quantitative estimate of drug-likeness (QED) is 0.184. The molecule has 2 fully saturated rings. The van der Waals surface area contributed by atoms with Crippen molar-refractivity contribution in [2.24, 2.45) is 5.10 Å². The maximum absolute atomic E-state index is 15.6. The number of ether oxygens (including phenoxy) is 1. The normalized spacial score (nSPS) is 15.2. The number of aromatic nitrogens is 1.